The molecule has 1 unspecified atom stereocenters. The molecule has 0 aliphatic rings. The SMILES string of the molecule is CCC(C)n1c(SCC(=O)c2cc(C)n(-c3ccccc3)c2C)nc2ccccc2c1=O. The summed E-state index contributed by atoms with van der Waals surface area (Å²) in [5, 5.41) is 1.20. The van der Waals surface area contributed by atoms with Crippen molar-refractivity contribution >= 4 is 28.4 Å². The van der Waals surface area contributed by atoms with Gasteiger partial charge in [-0.3, -0.25) is 14.2 Å². The number of nitrogens with zero attached hydrogens (tertiary/aromatic N) is 3. The number of hydrogen-bond donors (Lipinski definition) is 0. The number of fused-ring (bicyclic) bond motifs is 1. The highest BCUT2D eigenvalue weighted by Gasteiger charge is 2.20. The zero-order valence-corrected chi connectivity index (χ0v) is 19.6. The third-order valence-electron chi connectivity index (χ3n) is 5.89. The largest absolute Gasteiger partial charge is 0.318 e. The maximum atomic E-state index is 13.2. The minimum Gasteiger partial charge on any atom is -0.318 e. The van der Waals surface area contributed by atoms with Crippen LogP contribution >= 0.6 is 11.8 Å². The topological polar surface area (TPSA) is 56.9 Å². The summed E-state index contributed by atoms with van der Waals surface area (Å²) in [6.07, 6.45) is 0.805. The average Bonchev–Trinajstić information content (AvgIpc) is 3.11. The molecular formula is C26H27N3O2S. The second-order valence-electron chi connectivity index (χ2n) is 8.01. The molecule has 1 atom stereocenters. The Hall–Kier alpha value is -3.12. The van der Waals surface area contributed by atoms with Crippen LogP contribution in [-0.2, 0) is 0 Å². The van der Waals surface area contributed by atoms with E-state index in [1.807, 2.05) is 88.4 Å². The van der Waals surface area contributed by atoms with Gasteiger partial charge in [-0.25, -0.2) is 4.98 Å². The van der Waals surface area contributed by atoms with E-state index in [4.69, 9.17) is 4.98 Å². The van der Waals surface area contributed by atoms with E-state index in [0.29, 0.717) is 21.6 Å². The van der Waals surface area contributed by atoms with Gasteiger partial charge in [-0.1, -0.05) is 49.0 Å². The smallest absolute Gasteiger partial charge is 0.262 e. The zero-order chi connectivity index (χ0) is 22.8. The van der Waals surface area contributed by atoms with Gasteiger partial charge in [0.15, 0.2) is 10.9 Å². The Labute approximate surface area is 192 Å². The standard InChI is InChI=1S/C26H27N3O2S/c1-5-17(2)29-25(31)21-13-9-10-14-23(21)27-26(29)32-16-24(30)22-15-18(3)28(19(22)4)20-11-7-6-8-12-20/h6-15,17H,5,16H2,1-4H3. The van der Waals surface area contributed by atoms with Gasteiger partial charge in [-0.05, 0) is 57.5 Å². The molecule has 0 radical (unpaired) electrons. The maximum absolute atomic E-state index is 13.2. The molecular weight excluding hydrogens is 418 g/mol. The van der Waals surface area contributed by atoms with Crippen LogP contribution in [0.25, 0.3) is 16.6 Å². The number of ketones is 1. The van der Waals surface area contributed by atoms with Crippen LogP contribution < -0.4 is 5.56 Å². The molecule has 32 heavy (non-hydrogen) atoms. The molecule has 0 saturated heterocycles. The van der Waals surface area contributed by atoms with E-state index < -0.39 is 0 Å². The highest BCUT2D eigenvalue weighted by atomic mass is 32.2. The van der Waals surface area contributed by atoms with Gasteiger partial charge in [0, 0.05) is 28.7 Å². The van der Waals surface area contributed by atoms with Crippen molar-refractivity contribution in [1.82, 2.24) is 14.1 Å². The van der Waals surface area contributed by atoms with Gasteiger partial charge < -0.3 is 4.57 Å². The van der Waals surface area contributed by atoms with Gasteiger partial charge in [0.05, 0.1) is 16.7 Å². The second-order valence-corrected chi connectivity index (χ2v) is 8.95. The number of para-hydroxylation sites is 2. The van der Waals surface area contributed by atoms with Crippen molar-refractivity contribution < 1.29 is 4.79 Å². The molecule has 0 N–H and O–H groups in total. The second kappa shape index (κ2) is 9.17. The van der Waals surface area contributed by atoms with E-state index in [-0.39, 0.29) is 23.1 Å². The van der Waals surface area contributed by atoms with E-state index in [1.165, 1.54) is 11.8 Å². The predicted octanol–water partition coefficient (Wildman–Crippen LogP) is 5.75. The Balaban J connectivity index is 1.66. The van der Waals surface area contributed by atoms with Gasteiger partial charge >= 0.3 is 0 Å². The number of aryl methyl sites for hydroxylation is 1. The highest BCUT2D eigenvalue weighted by Crippen LogP contribution is 2.26. The first-order valence-corrected chi connectivity index (χ1v) is 11.8. The lowest BCUT2D eigenvalue weighted by Crippen LogP contribution is -2.26. The van der Waals surface area contributed by atoms with Gasteiger partial charge in [0.2, 0.25) is 0 Å². The lowest BCUT2D eigenvalue weighted by Gasteiger charge is -2.18. The highest BCUT2D eigenvalue weighted by molar-refractivity contribution is 7.99. The van der Waals surface area contributed by atoms with Crippen molar-refractivity contribution in [3.63, 3.8) is 0 Å². The van der Waals surface area contributed by atoms with Crippen molar-refractivity contribution in [2.45, 2.75) is 45.3 Å². The first kappa shape index (κ1) is 22.1. The molecule has 0 aliphatic heterocycles. The summed E-state index contributed by atoms with van der Waals surface area (Å²) in [5.74, 6) is 0.253. The normalized spacial score (nSPS) is 12.2. The van der Waals surface area contributed by atoms with Crippen LogP contribution in [0.5, 0.6) is 0 Å². The first-order valence-electron chi connectivity index (χ1n) is 10.8. The van der Waals surface area contributed by atoms with E-state index in [9.17, 15) is 9.59 Å². The van der Waals surface area contributed by atoms with Crippen molar-refractivity contribution in [3.05, 3.63) is 88.0 Å². The van der Waals surface area contributed by atoms with Gasteiger partial charge in [-0.15, -0.1) is 0 Å². The minimum absolute atomic E-state index is 0.000327. The monoisotopic (exact) mass is 445 g/mol. The van der Waals surface area contributed by atoms with Gasteiger partial charge in [0.1, 0.15) is 0 Å². The molecule has 4 aromatic rings. The molecule has 2 heterocycles. The molecule has 2 aromatic carbocycles. The summed E-state index contributed by atoms with van der Waals surface area (Å²) in [6.45, 7) is 8.04. The third kappa shape index (κ3) is 4.02. The van der Waals surface area contributed by atoms with Gasteiger partial charge in [0.25, 0.3) is 5.56 Å². The summed E-state index contributed by atoms with van der Waals surface area (Å²) in [7, 11) is 0. The number of hydrogen-bond acceptors (Lipinski definition) is 4. The van der Waals surface area contributed by atoms with Crippen LogP contribution in [0.15, 0.2) is 70.6 Å². The Morgan fingerprint density at radius 3 is 2.47 bits per heavy atom. The Morgan fingerprint density at radius 2 is 1.75 bits per heavy atom. The fourth-order valence-electron chi connectivity index (χ4n) is 4.03. The molecule has 0 fully saturated rings. The molecule has 4 rings (SSSR count). The quantitative estimate of drug-likeness (QED) is 0.206. The van der Waals surface area contributed by atoms with Gasteiger partial charge in [-0.2, -0.15) is 0 Å². The fourth-order valence-corrected chi connectivity index (χ4v) is 5.01. The Kier molecular flexibility index (Phi) is 6.33. The molecule has 5 nitrogen and oxygen atoms in total. The molecule has 164 valence electrons. The summed E-state index contributed by atoms with van der Waals surface area (Å²) in [6, 6.07) is 19.4. The maximum Gasteiger partial charge on any atom is 0.262 e. The van der Waals surface area contributed by atoms with E-state index >= 15 is 0 Å². The predicted molar refractivity (Wildman–Crippen MR) is 131 cm³/mol. The number of benzene rings is 2. The average molecular weight is 446 g/mol. The van der Waals surface area contributed by atoms with E-state index in [0.717, 1.165) is 23.5 Å². The van der Waals surface area contributed by atoms with Crippen molar-refractivity contribution in [2.24, 2.45) is 0 Å². The molecule has 0 saturated carbocycles. The van der Waals surface area contributed by atoms with E-state index in [2.05, 4.69) is 4.57 Å². The third-order valence-corrected chi connectivity index (χ3v) is 6.84. The first-order chi connectivity index (χ1) is 15.4. The van der Waals surface area contributed by atoms with Crippen molar-refractivity contribution in [3.8, 4) is 5.69 Å². The lowest BCUT2D eigenvalue weighted by atomic mass is 10.2. The van der Waals surface area contributed by atoms with Crippen LogP contribution in [-0.4, -0.2) is 25.7 Å². The van der Waals surface area contributed by atoms with Crippen LogP contribution in [0.2, 0.25) is 0 Å². The number of carbonyl (C=O) groups excluding carboxylic acids is 1. The van der Waals surface area contributed by atoms with Crippen LogP contribution in [0.3, 0.4) is 0 Å². The van der Waals surface area contributed by atoms with Crippen LogP contribution in [0, 0.1) is 13.8 Å². The fraction of sp³-hybridized carbons (Fsp3) is 0.269. The zero-order valence-electron chi connectivity index (χ0n) is 18.8. The molecule has 0 amide bonds. The molecule has 0 spiro atoms. The van der Waals surface area contributed by atoms with Crippen LogP contribution in [0.1, 0.15) is 48.1 Å². The molecule has 6 heteroatoms. The van der Waals surface area contributed by atoms with Crippen molar-refractivity contribution in [2.75, 3.05) is 5.75 Å². The number of thioether (sulfide) groups is 1. The number of rotatable bonds is 7. The summed E-state index contributed by atoms with van der Waals surface area (Å²) in [5.41, 5.74) is 4.29. The molecule has 2 aromatic heterocycles. The van der Waals surface area contributed by atoms with E-state index in [1.54, 1.807) is 4.57 Å². The number of carbonyl (C=O) groups is 1. The van der Waals surface area contributed by atoms with Crippen LogP contribution in [0.4, 0.5) is 0 Å². The molecule has 0 aliphatic carbocycles. The summed E-state index contributed by atoms with van der Waals surface area (Å²) < 4.78 is 3.83. The molecule has 0 bridgehead atoms. The lowest BCUT2D eigenvalue weighted by molar-refractivity contribution is 0.102. The van der Waals surface area contributed by atoms with Crippen molar-refractivity contribution in [1.29, 1.82) is 0 Å². The Bertz CT molecular complexity index is 1340. The summed E-state index contributed by atoms with van der Waals surface area (Å²) in [4.78, 5) is 31.1. The number of Topliss-reactive ketones (excluding diaryl/α,β-unsaturated/α-hetero) is 1. The summed E-state index contributed by atoms with van der Waals surface area (Å²) >= 11 is 1.34. The minimum atomic E-state index is -0.0536. The number of aromatic nitrogens is 3. The Morgan fingerprint density at radius 1 is 1.06 bits per heavy atom.